The van der Waals surface area contributed by atoms with Crippen molar-refractivity contribution in [3.05, 3.63) is 95.0 Å². The molecule has 0 aliphatic rings. The molecule has 0 heterocycles. The van der Waals surface area contributed by atoms with E-state index in [0.717, 1.165) is 15.4 Å². The first kappa shape index (κ1) is 28.2. The highest BCUT2D eigenvalue weighted by Crippen LogP contribution is 2.25. The Labute approximate surface area is 224 Å². The average molecular weight is 542 g/mol. The van der Waals surface area contributed by atoms with Crippen LogP contribution in [0.15, 0.2) is 83.8 Å². The van der Waals surface area contributed by atoms with Crippen LogP contribution < -0.4 is 9.62 Å². The van der Waals surface area contributed by atoms with Crippen LogP contribution in [-0.4, -0.2) is 44.3 Å². The maximum absolute atomic E-state index is 13.9. The number of carbonyl (C=O) groups is 2. The first-order valence-corrected chi connectivity index (χ1v) is 13.9. The van der Waals surface area contributed by atoms with Gasteiger partial charge in [-0.05, 0) is 62.2 Å². The van der Waals surface area contributed by atoms with Gasteiger partial charge < -0.3 is 10.2 Å². The standard InChI is InChI=1S/C28H32ClN3O4S/c1-4-26(28(34)30-5-2)31(19-22-11-9-10-21(3)18-22)27(33)20-32(24-12-7-6-8-13-24)37(35,36)25-16-14-23(29)15-17-25/h6-18,26H,4-5,19-20H2,1-3H3,(H,30,34)/t26-/m0/s1. The minimum absolute atomic E-state index is 0.00885. The van der Waals surface area contributed by atoms with Crippen molar-refractivity contribution < 1.29 is 18.0 Å². The summed E-state index contributed by atoms with van der Waals surface area (Å²) in [6.07, 6.45) is 0.374. The highest BCUT2D eigenvalue weighted by atomic mass is 35.5. The van der Waals surface area contributed by atoms with Crippen LogP contribution in [0.5, 0.6) is 0 Å². The minimum atomic E-state index is -4.12. The van der Waals surface area contributed by atoms with Crippen LogP contribution in [0.4, 0.5) is 5.69 Å². The van der Waals surface area contributed by atoms with E-state index in [0.29, 0.717) is 23.7 Å². The van der Waals surface area contributed by atoms with Crippen molar-refractivity contribution in [3.8, 4) is 0 Å². The summed E-state index contributed by atoms with van der Waals surface area (Å²) in [5.74, 6) is -0.765. The number of aryl methyl sites for hydroxylation is 1. The SMILES string of the molecule is CCNC(=O)[C@H](CC)N(Cc1cccc(C)c1)C(=O)CN(c1ccccc1)S(=O)(=O)c1ccc(Cl)cc1. The molecular weight excluding hydrogens is 510 g/mol. The Morgan fingerprint density at radius 1 is 0.946 bits per heavy atom. The van der Waals surface area contributed by atoms with E-state index in [2.05, 4.69) is 5.32 Å². The topological polar surface area (TPSA) is 86.8 Å². The maximum Gasteiger partial charge on any atom is 0.264 e. The Balaban J connectivity index is 2.03. The van der Waals surface area contributed by atoms with Gasteiger partial charge in [-0.1, -0.05) is 66.6 Å². The number of nitrogens with one attached hydrogen (secondary N) is 1. The number of amides is 2. The van der Waals surface area contributed by atoms with Crippen molar-refractivity contribution in [2.24, 2.45) is 0 Å². The van der Waals surface area contributed by atoms with Gasteiger partial charge in [0.2, 0.25) is 11.8 Å². The summed E-state index contributed by atoms with van der Waals surface area (Å²) in [6, 6.07) is 21.2. The van der Waals surface area contributed by atoms with Gasteiger partial charge in [-0.25, -0.2) is 8.42 Å². The lowest BCUT2D eigenvalue weighted by Gasteiger charge is -2.33. The van der Waals surface area contributed by atoms with Crippen LogP contribution in [0.3, 0.4) is 0 Å². The van der Waals surface area contributed by atoms with Crippen LogP contribution in [0.1, 0.15) is 31.4 Å². The molecule has 3 rings (SSSR count). The summed E-state index contributed by atoms with van der Waals surface area (Å²) in [6.45, 7) is 5.70. The number of halogens is 1. The molecule has 0 saturated heterocycles. The van der Waals surface area contributed by atoms with Gasteiger partial charge in [-0.2, -0.15) is 0 Å². The molecule has 0 fully saturated rings. The minimum Gasteiger partial charge on any atom is -0.355 e. The summed E-state index contributed by atoms with van der Waals surface area (Å²) in [7, 11) is -4.12. The number of benzene rings is 3. The lowest BCUT2D eigenvalue weighted by Crippen LogP contribution is -2.52. The molecule has 3 aromatic rings. The Hall–Kier alpha value is -3.36. The third kappa shape index (κ3) is 7.11. The Kier molecular flexibility index (Phi) is 9.72. The molecule has 9 heteroatoms. The van der Waals surface area contributed by atoms with E-state index in [9.17, 15) is 18.0 Å². The number of nitrogens with zero attached hydrogens (tertiary/aromatic N) is 2. The van der Waals surface area contributed by atoms with Crippen LogP contribution in [-0.2, 0) is 26.2 Å². The number of para-hydroxylation sites is 1. The van der Waals surface area contributed by atoms with Gasteiger partial charge in [-0.3, -0.25) is 13.9 Å². The van der Waals surface area contributed by atoms with Crippen molar-refractivity contribution in [3.63, 3.8) is 0 Å². The van der Waals surface area contributed by atoms with E-state index in [-0.39, 0.29) is 17.3 Å². The Bertz CT molecular complexity index is 1310. The van der Waals surface area contributed by atoms with Crippen LogP contribution >= 0.6 is 11.6 Å². The predicted octanol–water partition coefficient (Wildman–Crippen LogP) is 4.79. The average Bonchev–Trinajstić information content (AvgIpc) is 2.88. The molecule has 0 aliphatic heterocycles. The fraction of sp³-hybridized carbons (Fsp3) is 0.286. The molecule has 0 aromatic heterocycles. The second kappa shape index (κ2) is 12.7. The van der Waals surface area contributed by atoms with E-state index in [1.54, 1.807) is 30.3 Å². The van der Waals surface area contributed by atoms with Crippen molar-refractivity contribution >= 4 is 39.1 Å². The molecule has 37 heavy (non-hydrogen) atoms. The van der Waals surface area contributed by atoms with Gasteiger partial charge >= 0.3 is 0 Å². The fourth-order valence-electron chi connectivity index (χ4n) is 4.08. The number of likely N-dealkylation sites (N-methyl/N-ethyl adjacent to an activating group) is 1. The van der Waals surface area contributed by atoms with Gasteiger partial charge in [0.15, 0.2) is 0 Å². The Morgan fingerprint density at radius 3 is 2.22 bits per heavy atom. The van der Waals surface area contributed by atoms with E-state index >= 15 is 0 Å². The molecule has 0 spiro atoms. The first-order chi connectivity index (χ1) is 17.7. The van der Waals surface area contributed by atoms with Gasteiger partial charge in [0.25, 0.3) is 10.0 Å². The van der Waals surface area contributed by atoms with Gasteiger partial charge in [-0.15, -0.1) is 0 Å². The van der Waals surface area contributed by atoms with Crippen LogP contribution in [0.25, 0.3) is 0 Å². The lowest BCUT2D eigenvalue weighted by atomic mass is 10.1. The highest BCUT2D eigenvalue weighted by Gasteiger charge is 2.33. The summed E-state index contributed by atoms with van der Waals surface area (Å²) in [5, 5.41) is 3.20. The number of hydrogen-bond acceptors (Lipinski definition) is 4. The highest BCUT2D eigenvalue weighted by molar-refractivity contribution is 7.92. The number of rotatable bonds is 11. The second-order valence-corrected chi connectivity index (χ2v) is 10.9. The second-order valence-electron chi connectivity index (χ2n) is 8.63. The zero-order valence-electron chi connectivity index (χ0n) is 21.2. The van der Waals surface area contributed by atoms with E-state index in [1.165, 1.54) is 29.2 Å². The fourth-order valence-corrected chi connectivity index (χ4v) is 5.62. The van der Waals surface area contributed by atoms with Crippen LogP contribution in [0, 0.1) is 6.92 Å². The maximum atomic E-state index is 13.9. The molecule has 0 bridgehead atoms. The molecule has 7 nitrogen and oxygen atoms in total. The zero-order valence-corrected chi connectivity index (χ0v) is 22.8. The largest absolute Gasteiger partial charge is 0.355 e. The summed E-state index contributed by atoms with van der Waals surface area (Å²) < 4.78 is 28.5. The number of sulfonamides is 1. The molecule has 3 aromatic carbocycles. The van der Waals surface area contributed by atoms with Crippen molar-refractivity contribution in [2.75, 3.05) is 17.4 Å². The Morgan fingerprint density at radius 2 is 1.62 bits per heavy atom. The molecule has 0 saturated carbocycles. The van der Waals surface area contributed by atoms with Gasteiger partial charge in [0.05, 0.1) is 10.6 Å². The van der Waals surface area contributed by atoms with Crippen molar-refractivity contribution in [1.82, 2.24) is 10.2 Å². The predicted molar refractivity (Wildman–Crippen MR) is 147 cm³/mol. The molecular formula is C28H32ClN3O4S. The van der Waals surface area contributed by atoms with Crippen molar-refractivity contribution in [2.45, 2.75) is 44.7 Å². The molecule has 2 amide bonds. The molecule has 0 radical (unpaired) electrons. The molecule has 1 N–H and O–H groups in total. The van der Waals surface area contributed by atoms with Gasteiger partial charge in [0.1, 0.15) is 12.6 Å². The summed E-state index contributed by atoms with van der Waals surface area (Å²) >= 11 is 5.97. The lowest BCUT2D eigenvalue weighted by molar-refractivity contribution is -0.140. The molecule has 0 unspecified atom stereocenters. The quantitative estimate of drug-likeness (QED) is 0.378. The van der Waals surface area contributed by atoms with E-state index < -0.39 is 28.5 Å². The van der Waals surface area contributed by atoms with E-state index in [1.807, 2.05) is 45.0 Å². The number of hydrogen-bond donors (Lipinski definition) is 1. The summed E-state index contributed by atoms with van der Waals surface area (Å²) in [4.78, 5) is 28.3. The monoisotopic (exact) mass is 541 g/mol. The number of carbonyl (C=O) groups excluding carboxylic acids is 2. The zero-order chi connectivity index (χ0) is 27.0. The van der Waals surface area contributed by atoms with E-state index in [4.69, 9.17) is 11.6 Å². The first-order valence-electron chi connectivity index (χ1n) is 12.1. The normalized spacial score (nSPS) is 12.0. The molecule has 0 aliphatic carbocycles. The third-order valence-corrected chi connectivity index (χ3v) is 7.94. The molecule has 1 atom stereocenters. The summed E-state index contributed by atoms with van der Waals surface area (Å²) in [5.41, 5.74) is 2.21. The van der Waals surface area contributed by atoms with Gasteiger partial charge in [0, 0.05) is 18.1 Å². The molecule has 196 valence electrons. The van der Waals surface area contributed by atoms with Crippen LogP contribution in [0.2, 0.25) is 5.02 Å². The third-order valence-electron chi connectivity index (χ3n) is 5.90. The van der Waals surface area contributed by atoms with Crippen molar-refractivity contribution in [1.29, 1.82) is 0 Å². The number of anilines is 1. The smallest absolute Gasteiger partial charge is 0.264 e.